The highest BCUT2D eigenvalue weighted by Crippen LogP contribution is 2.30. The smallest absolute Gasteiger partial charge is 0.247 e. The predicted octanol–water partition coefficient (Wildman–Crippen LogP) is 2.51. The van der Waals surface area contributed by atoms with Crippen molar-refractivity contribution in [3.63, 3.8) is 0 Å². The number of hydrogen-bond acceptors (Lipinski definition) is 6. The zero-order chi connectivity index (χ0) is 20.9. The van der Waals surface area contributed by atoms with E-state index in [1.807, 2.05) is 0 Å². The van der Waals surface area contributed by atoms with Crippen molar-refractivity contribution in [3.05, 3.63) is 42.5 Å². The van der Waals surface area contributed by atoms with E-state index in [2.05, 4.69) is 5.32 Å². The lowest BCUT2D eigenvalue weighted by atomic mass is 10.2. The molecule has 0 aliphatic rings. The van der Waals surface area contributed by atoms with Crippen molar-refractivity contribution in [2.75, 3.05) is 37.2 Å². The van der Waals surface area contributed by atoms with Crippen molar-refractivity contribution in [1.29, 1.82) is 0 Å². The van der Waals surface area contributed by atoms with Crippen molar-refractivity contribution < 1.29 is 27.4 Å². The summed E-state index contributed by atoms with van der Waals surface area (Å²) in [7, 11) is 0.804. The highest BCUT2D eigenvalue weighted by Gasteiger charge is 2.29. The molecule has 0 aliphatic heterocycles. The van der Waals surface area contributed by atoms with Crippen LogP contribution in [0.4, 0.5) is 11.4 Å². The van der Waals surface area contributed by atoms with Gasteiger partial charge in [0.1, 0.15) is 11.8 Å². The molecular weight excluding hydrogens is 384 g/mol. The van der Waals surface area contributed by atoms with Crippen molar-refractivity contribution in [3.8, 4) is 17.2 Å². The molecule has 0 bridgehead atoms. The summed E-state index contributed by atoms with van der Waals surface area (Å²) >= 11 is 0. The van der Waals surface area contributed by atoms with Gasteiger partial charge >= 0.3 is 0 Å². The third-order valence-electron chi connectivity index (χ3n) is 4.07. The molecule has 1 N–H and O–H groups in total. The standard InChI is InChI=1S/C19H24N2O6S/c1-13(19(22)20-14-6-11-17(26-3)18(12-14)27-4)21(28(5,23)24)15-7-9-16(25-2)10-8-15/h6-13H,1-5H3,(H,20,22). The Morgan fingerprint density at radius 1 is 0.964 bits per heavy atom. The second kappa shape index (κ2) is 8.83. The number of rotatable bonds is 8. The van der Waals surface area contributed by atoms with E-state index in [1.54, 1.807) is 42.5 Å². The Morgan fingerprint density at radius 2 is 1.57 bits per heavy atom. The minimum absolute atomic E-state index is 0.360. The lowest BCUT2D eigenvalue weighted by Gasteiger charge is -2.28. The first-order valence-corrected chi connectivity index (χ1v) is 10.2. The monoisotopic (exact) mass is 408 g/mol. The fourth-order valence-corrected chi connectivity index (χ4v) is 3.87. The largest absolute Gasteiger partial charge is 0.497 e. The van der Waals surface area contributed by atoms with Crippen molar-refractivity contribution in [2.45, 2.75) is 13.0 Å². The van der Waals surface area contributed by atoms with Gasteiger partial charge in [0.05, 0.1) is 33.3 Å². The number of anilines is 2. The number of nitrogens with zero attached hydrogens (tertiary/aromatic N) is 1. The predicted molar refractivity (Wildman–Crippen MR) is 108 cm³/mol. The Balaban J connectivity index is 2.28. The molecule has 28 heavy (non-hydrogen) atoms. The van der Waals surface area contributed by atoms with Gasteiger partial charge in [-0.15, -0.1) is 0 Å². The molecule has 0 spiro atoms. The quantitative estimate of drug-likeness (QED) is 0.721. The van der Waals surface area contributed by atoms with Gasteiger partial charge in [-0.25, -0.2) is 8.42 Å². The number of amides is 1. The summed E-state index contributed by atoms with van der Waals surface area (Å²) in [4.78, 5) is 12.7. The maximum Gasteiger partial charge on any atom is 0.247 e. The van der Waals surface area contributed by atoms with E-state index in [1.165, 1.54) is 28.3 Å². The molecule has 2 aromatic rings. The van der Waals surface area contributed by atoms with Gasteiger partial charge in [0, 0.05) is 11.8 Å². The second-order valence-corrected chi connectivity index (χ2v) is 7.85. The van der Waals surface area contributed by atoms with Crippen LogP contribution < -0.4 is 23.8 Å². The number of methoxy groups -OCH3 is 3. The number of nitrogens with one attached hydrogen (secondary N) is 1. The van der Waals surface area contributed by atoms with Gasteiger partial charge in [-0.2, -0.15) is 0 Å². The van der Waals surface area contributed by atoms with Crippen LogP contribution in [0.25, 0.3) is 0 Å². The fourth-order valence-electron chi connectivity index (χ4n) is 2.70. The first kappa shape index (κ1) is 21.4. The first-order chi connectivity index (χ1) is 13.2. The topological polar surface area (TPSA) is 94.2 Å². The Labute approximate surface area is 165 Å². The van der Waals surface area contributed by atoms with E-state index < -0.39 is 22.0 Å². The average Bonchev–Trinajstić information content (AvgIpc) is 2.67. The molecule has 2 aromatic carbocycles. The zero-order valence-electron chi connectivity index (χ0n) is 16.4. The second-order valence-electron chi connectivity index (χ2n) is 5.99. The Morgan fingerprint density at radius 3 is 2.07 bits per heavy atom. The zero-order valence-corrected chi connectivity index (χ0v) is 17.2. The Bertz CT molecular complexity index is 928. The minimum atomic E-state index is -3.71. The maximum absolute atomic E-state index is 12.7. The number of benzene rings is 2. The number of carbonyl (C=O) groups is 1. The molecule has 1 amide bonds. The summed E-state index contributed by atoms with van der Waals surface area (Å²) in [6.07, 6.45) is 1.05. The van der Waals surface area contributed by atoms with Gasteiger partial charge < -0.3 is 19.5 Å². The fraction of sp³-hybridized carbons (Fsp3) is 0.316. The molecule has 2 rings (SSSR count). The Kier molecular flexibility index (Phi) is 6.74. The molecule has 9 heteroatoms. The van der Waals surface area contributed by atoms with Gasteiger partial charge in [-0.1, -0.05) is 0 Å². The number of sulfonamides is 1. The van der Waals surface area contributed by atoms with Crippen molar-refractivity contribution in [1.82, 2.24) is 0 Å². The molecule has 152 valence electrons. The maximum atomic E-state index is 12.7. The lowest BCUT2D eigenvalue weighted by molar-refractivity contribution is -0.116. The van der Waals surface area contributed by atoms with E-state index >= 15 is 0 Å². The van der Waals surface area contributed by atoms with Crippen LogP contribution in [0.3, 0.4) is 0 Å². The summed E-state index contributed by atoms with van der Waals surface area (Å²) in [6.45, 7) is 1.52. The van der Waals surface area contributed by atoms with Crippen LogP contribution in [-0.4, -0.2) is 48.0 Å². The summed E-state index contributed by atoms with van der Waals surface area (Å²) in [6, 6.07) is 10.3. The molecule has 0 saturated carbocycles. The van der Waals surface area contributed by atoms with Gasteiger partial charge in [0.2, 0.25) is 15.9 Å². The molecular formula is C19H24N2O6S. The normalized spacial score (nSPS) is 12.0. The van der Waals surface area contributed by atoms with Crippen LogP contribution in [0.1, 0.15) is 6.92 Å². The van der Waals surface area contributed by atoms with Crippen LogP contribution >= 0.6 is 0 Å². The van der Waals surface area contributed by atoms with Crippen LogP contribution in [0.2, 0.25) is 0 Å². The SMILES string of the molecule is COc1ccc(N(C(C)C(=O)Nc2ccc(OC)c(OC)c2)S(C)(=O)=O)cc1. The molecule has 8 nitrogen and oxygen atoms in total. The molecule has 0 radical (unpaired) electrons. The van der Waals surface area contributed by atoms with Crippen LogP contribution in [-0.2, 0) is 14.8 Å². The van der Waals surface area contributed by atoms with Gasteiger partial charge in [0.25, 0.3) is 0 Å². The minimum Gasteiger partial charge on any atom is -0.497 e. The van der Waals surface area contributed by atoms with Crippen LogP contribution in [0.15, 0.2) is 42.5 Å². The summed E-state index contributed by atoms with van der Waals surface area (Å²) in [5, 5.41) is 2.71. The van der Waals surface area contributed by atoms with E-state index in [0.29, 0.717) is 28.6 Å². The van der Waals surface area contributed by atoms with E-state index in [4.69, 9.17) is 14.2 Å². The lowest BCUT2D eigenvalue weighted by Crippen LogP contribution is -2.45. The first-order valence-electron chi connectivity index (χ1n) is 8.37. The highest BCUT2D eigenvalue weighted by atomic mass is 32.2. The van der Waals surface area contributed by atoms with Crippen LogP contribution in [0, 0.1) is 0 Å². The number of hydrogen-bond donors (Lipinski definition) is 1. The number of ether oxygens (including phenoxy) is 3. The van der Waals surface area contributed by atoms with Crippen LogP contribution in [0.5, 0.6) is 17.2 Å². The summed E-state index contributed by atoms with van der Waals surface area (Å²) in [5.41, 5.74) is 0.816. The Hall–Kier alpha value is -2.94. The molecule has 0 aromatic heterocycles. The molecule has 1 unspecified atom stereocenters. The molecule has 0 fully saturated rings. The highest BCUT2D eigenvalue weighted by molar-refractivity contribution is 7.92. The van der Waals surface area contributed by atoms with Gasteiger partial charge in [-0.05, 0) is 43.3 Å². The summed E-state index contributed by atoms with van der Waals surface area (Å²) < 4.78 is 41.2. The van der Waals surface area contributed by atoms with E-state index in [9.17, 15) is 13.2 Å². The number of carbonyl (C=O) groups excluding carboxylic acids is 1. The van der Waals surface area contributed by atoms with Crippen molar-refractivity contribution in [2.24, 2.45) is 0 Å². The molecule has 0 aliphatic carbocycles. The third kappa shape index (κ3) is 4.86. The van der Waals surface area contributed by atoms with E-state index in [-0.39, 0.29) is 0 Å². The third-order valence-corrected chi connectivity index (χ3v) is 5.31. The average molecular weight is 408 g/mol. The van der Waals surface area contributed by atoms with Crippen molar-refractivity contribution >= 4 is 27.3 Å². The van der Waals surface area contributed by atoms with Gasteiger partial charge in [0.15, 0.2) is 11.5 Å². The summed E-state index contributed by atoms with van der Waals surface area (Å²) in [5.74, 6) is 1.06. The molecule has 0 saturated heterocycles. The molecule has 1 atom stereocenters. The van der Waals surface area contributed by atoms with Gasteiger partial charge in [-0.3, -0.25) is 9.10 Å². The molecule has 0 heterocycles. The van der Waals surface area contributed by atoms with E-state index in [0.717, 1.165) is 10.6 Å².